The molecule has 5 nitrogen and oxygen atoms in total. The van der Waals surface area contributed by atoms with Gasteiger partial charge in [-0.25, -0.2) is 9.13 Å². The van der Waals surface area contributed by atoms with E-state index in [1.54, 1.807) is 4.90 Å². The van der Waals surface area contributed by atoms with Gasteiger partial charge in [-0.2, -0.15) is 0 Å². The minimum absolute atomic E-state index is 0.445. The third-order valence-electron chi connectivity index (χ3n) is 5.52. The normalized spacial score (nSPS) is 12.8. The Labute approximate surface area is 161 Å². The molecule has 3 rings (SSSR count). The first-order valence-electron chi connectivity index (χ1n) is 9.89. The smallest absolute Gasteiger partial charge is 0.356 e. The van der Waals surface area contributed by atoms with E-state index in [0.717, 1.165) is 42.8 Å². The molecule has 2 aromatic carbocycles. The Bertz CT molecular complexity index is 881. The second-order valence-corrected chi connectivity index (χ2v) is 7.24. The number of likely N-dealkylation sites (N-methyl/N-ethyl adjacent to an activating group) is 1. The van der Waals surface area contributed by atoms with Crippen molar-refractivity contribution in [1.29, 1.82) is 0 Å². The van der Waals surface area contributed by atoms with Crippen LogP contribution in [0, 0.1) is 6.92 Å². The number of nitrogen functional groups attached to an aromatic ring is 1. The molecule has 5 heteroatoms. The van der Waals surface area contributed by atoms with Gasteiger partial charge in [0.1, 0.15) is 36.8 Å². The third kappa shape index (κ3) is 4.15. The first-order chi connectivity index (χ1) is 13.0. The Morgan fingerprint density at radius 2 is 1.74 bits per heavy atom. The molecular formula is C22H32N4O+2. The van der Waals surface area contributed by atoms with Crippen molar-refractivity contribution >= 4 is 17.0 Å². The summed E-state index contributed by atoms with van der Waals surface area (Å²) >= 11 is 0. The molecule has 4 N–H and O–H groups in total. The molecule has 1 aromatic heterocycles. The molecule has 0 radical (unpaired) electrons. The van der Waals surface area contributed by atoms with E-state index in [1.165, 1.54) is 5.56 Å². The number of aryl methyl sites for hydroxylation is 1. The highest BCUT2D eigenvalue weighted by Crippen LogP contribution is 2.19. The molecule has 0 amide bonds. The van der Waals surface area contributed by atoms with Crippen LogP contribution in [0.25, 0.3) is 11.0 Å². The molecule has 1 unspecified atom stereocenters. The van der Waals surface area contributed by atoms with Crippen molar-refractivity contribution in [3.05, 3.63) is 59.7 Å². The van der Waals surface area contributed by atoms with E-state index in [9.17, 15) is 5.11 Å². The number of quaternary nitrogens is 1. The van der Waals surface area contributed by atoms with Gasteiger partial charge in [0.15, 0.2) is 0 Å². The monoisotopic (exact) mass is 368 g/mol. The lowest BCUT2D eigenvalue weighted by atomic mass is 10.1. The molecule has 0 bridgehead atoms. The number of hydrogen-bond donors (Lipinski definition) is 3. The van der Waals surface area contributed by atoms with Gasteiger partial charge in [0.2, 0.25) is 0 Å². The molecule has 0 aliphatic heterocycles. The van der Waals surface area contributed by atoms with Crippen molar-refractivity contribution in [3.63, 3.8) is 0 Å². The predicted molar refractivity (Wildman–Crippen MR) is 110 cm³/mol. The minimum Gasteiger partial charge on any atom is -0.385 e. The Hall–Kier alpha value is -2.37. The highest BCUT2D eigenvalue weighted by Gasteiger charge is 2.24. The van der Waals surface area contributed by atoms with Crippen LogP contribution in [0.2, 0.25) is 0 Å². The largest absolute Gasteiger partial charge is 0.385 e. The minimum atomic E-state index is -0.592. The molecule has 0 fully saturated rings. The van der Waals surface area contributed by atoms with Crippen LogP contribution in [-0.2, 0) is 13.1 Å². The van der Waals surface area contributed by atoms with Gasteiger partial charge in [-0.3, -0.25) is 5.73 Å². The number of rotatable bonds is 8. The molecule has 0 spiro atoms. The van der Waals surface area contributed by atoms with Crippen LogP contribution in [0.15, 0.2) is 48.5 Å². The summed E-state index contributed by atoms with van der Waals surface area (Å²) in [6, 6.07) is 16.3. The molecule has 1 atom stereocenters. The predicted octanol–water partition coefficient (Wildman–Crippen LogP) is 1.48. The lowest BCUT2D eigenvalue weighted by Gasteiger charge is -2.14. The summed E-state index contributed by atoms with van der Waals surface area (Å²) in [6.07, 6.45) is -0.592. The number of nitrogens with two attached hydrogens (primary N) is 1. The molecule has 3 aromatic rings. The number of anilines is 1. The van der Waals surface area contributed by atoms with E-state index in [0.29, 0.717) is 12.5 Å². The summed E-state index contributed by atoms with van der Waals surface area (Å²) in [6.45, 7) is 11.1. The van der Waals surface area contributed by atoms with Gasteiger partial charge in [-0.1, -0.05) is 42.0 Å². The number of hydrogen-bond acceptors (Lipinski definition) is 2. The van der Waals surface area contributed by atoms with Crippen LogP contribution in [0.4, 0.5) is 5.95 Å². The van der Waals surface area contributed by atoms with Gasteiger partial charge in [-0.05, 0) is 38.5 Å². The van der Waals surface area contributed by atoms with Crippen molar-refractivity contribution in [2.75, 3.05) is 25.4 Å². The highest BCUT2D eigenvalue weighted by molar-refractivity contribution is 5.73. The van der Waals surface area contributed by atoms with Crippen molar-refractivity contribution in [2.45, 2.75) is 40.0 Å². The second-order valence-electron chi connectivity index (χ2n) is 7.24. The van der Waals surface area contributed by atoms with Crippen molar-refractivity contribution in [2.24, 2.45) is 0 Å². The quantitative estimate of drug-likeness (QED) is 0.528. The Balaban J connectivity index is 1.91. The fourth-order valence-electron chi connectivity index (χ4n) is 3.68. The van der Waals surface area contributed by atoms with E-state index >= 15 is 0 Å². The van der Waals surface area contributed by atoms with Crippen LogP contribution < -0.4 is 15.2 Å². The zero-order chi connectivity index (χ0) is 19.4. The van der Waals surface area contributed by atoms with Crippen LogP contribution in [-0.4, -0.2) is 29.3 Å². The molecule has 0 saturated heterocycles. The summed E-state index contributed by atoms with van der Waals surface area (Å²) < 4.78 is 4.22. The van der Waals surface area contributed by atoms with Gasteiger partial charge in [-0.15, -0.1) is 0 Å². The molecule has 0 aliphatic rings. The lowest BCUT2D eigenvalue weighted by molar-refractivity contribution is -0.897. The van der Waals surface area contributed by atoms with Crippen molar-refractivity contribution in [3.8, 4) is 0 Å². The fourth-order valence-corrected chi connectivity index (χ4v) is 3.68. The SMILES string of the molecule is CC[NH+](CC)CCn1c(N)[n+](CC(O)c2ccc(C)cc2)c2ccccc21. The average molecular weight is 369 g/mol. The zero-order valence-electron chi connectivity index (χ0n) is 16.7. The molecule has 0 aliphatic carbocycles. The van der Waals surface area contributed by atoms with E-state index in [4.69, 9.17) is 5.73 Å². The van der Waals surface area contributed by atoms with Gasteiger partial charge in [0.05, 0.1) is 13.1 Å². The Kier molecular flexibility index (Phi) is 6.14. The molecule has 0 saturated carbocycles. The third-order valence-corrected chi connectivity index (χ3v) is 5.52. The fraction of sp³-hybridized carbons (Fsp3) is 0.409. The summed E-state index contributed by atoms with van der Waals surface area (Å²) in [4.78, 5) is 1.55. The second kappa shape index (κ2) is 8.55. The topological polar surface area (TPSA) is 59.5 Å². The maximum Gasteiger partial charge on any atom is 0.356 e. The number of aromatic nitrogens is 2. The number of aliphatic hydroxyl groups excluding tert-OH is 1. The summed E-state index contributed by atoms with van der Waals surface area (Å²) in [5.74, 6) is 0.703. The molecule has 144 valence electrons. The van der Waals surface area contributed by atoms with Crippen molar-refractivity contribution in [1.82, 2.24) is 4.57 Å². The summed E-state index contributed by atoms with van der Waals surface area (Å²) in [5, 5.41) is 10.8. The number of aliphatic hydroxyl groups is 1. The van der Waals surface area contributed by atoms with Gasteiger partial charge < -0.3 is 10.0 Å². The van der Waals surface area contributed by atoms with Crippen LogP contribution in [0.3, 0.4) is 0 Å². The number of nitrogens with zero attached hydrogens (tertiary/aromatic N) is 2. The van der Waals surface area contributed by atoms with Crippen molar-refractivity contribution < 1.29 is 14.6 Å². The summed E-state index contributed by atoms with van der Waals surface area (Å²) in [5.41, 5.74) is 10.8. The maximum absolute atomic E-state index is 10.8. The first-order valence-corrected chi connectivity index (χ1v) is 9.89. The van der Waals surface area contributed by atoms with E-state index in [-0.39, 0.29) is 0 Å². The molecular weight excluding hydrogens is 336 g/mol. The number of imidazole rings is 1. The Morgan fingerprint density at radius 3 is 2.41 bits per heavy atom. The van der Waals surface area contributed by atoms with E-state index < -0.39 is 6.10 Å². The molecule has 1 heterocycles. The maximum atomic E-state index is 10.8. The number of fused-ring (bicyclic) bond motifs is 1. The van der Waals surface area contributed by atoms with Crippen LogP contribution in [0.1, 0.15) is 31.1 Å². The van der Waals surface area contributed by atoms with E-state index in [2.05, 4.69) is 30.5 Å². The summed E-state index contributed by atoms with van der Waals surface area (Å²) in [7, 11) is 0. The number of benzene rings is 2. The van der Waals surface area contributed by atoms with Gasteiger partial charge >= 0.3 is 5.95 Å². The van der Waals surface area contributed by atoms with Crippen LogP contribution in [0.5, 0.6) is 0 Å². The first kappa shape index (κ1) is 19.4. The highest BCUT2D eigenvalue weighted by atomic mass is 16.3. The lowest BCUT2D eigenvalue weighted by Crippen LogP contribution is -3.11. The van der Waals surface area contributed by atoms with Gasteiger partial charge in [0.25, 0.3) is 0 Å². The number of nitrogens with one attached hydrogen (secondary N) is 1. The van der Waals surface area contributed by atoms with Gasteiger partial charge in [0, 0.05) is 0 Å². The standard InChI is InChI=1S/C22H30N4O/c1-4-24(5-2)14-15-25-19-8-6-7-9-20(19)26(22(25)23)16-21(27)18-12-10-17(3)11-13-18/h6-13,21,23,27H,4-5,14-16H2,1-3H3/p+2. The number of para-hydroxylation sites is 2. The average Bonchev–Trinajstić information content (AvgIpc) is 2.95. The Morgan fingerprint density at radius 1 is 1.07 bits per heavy atom. The van der Waals surface area contributed by atoms with E-state index in [1.807, 2.05) is 47.9 Å². The zero-order valence-corrected chi connectivity index (χ0v) is 16.7. The van der Waals surface area contributed by atoms with Crippen LogP contribution >= 0.6 is 0 Å². The molecule has 27 heavy (non-hydrogen) atoms.